The maximum absolute atomic E-state index is 13.7. The molecule has 0 fully saturated rings. The van der Waals surface area contributed by atoms with Gasteiger partial charge in [0.2, 0.25) is 0 Å². The predicted molar refractivity (Wildman–Crippen MR) is 87.0 cm³/mol. The van der Waals surface area contributed by atoms with Gasteiger partial charge in [-0.3, -0.25) is 9.78 Å². The summed E-state index contributed by atoms with van der Waals surface area (Å²) >= 11 is 0. The average Bonchev–Trinajstić information content (AvgIpc) is 2.96. The van der Waals surface area contributed by atoms with Gasteiger partial charge in [0.15, 0.2) is 5.78 Å². The molecule has 0 saturated carbocycles. The number of hydrogen-bond donors (Lipinski definition) is 1. The van der Waals surface area contributed by atoms with Crippen molar-refractivity contribution in [2.75, 3.05) is 0 Å². The van der Waals surface area contributed by atoms with Gasteiger partial charge in [-0.1, -0.05) is 19.9 Å². The number of rotatable bonds is 2. The second kappa shape index (κ2) is 5.71. The fourth-order valence-corrected chi connectivity index (χ4v) is 3.41. The summed E-state index contributed by atoms with van der Waals surface area (Å²) in [7, 11) is 0. The quantitative estimate of drug-likeness (QED) is 0.893. The molecular weight excluding hydrogens is 326 g/mol. The van der Waals surface area contributed by atoms with Gasteiger partial charge < -0.3 is 5.11 Å². The highest BCUT2D eigenvalue weighted by Gasteiger charge is 2.47. The lowest BCUT2D eigenvalue weighted by Gasteiger charge is -2.38. The lowest BCUT2D eigenvalue weighted by Crippen LogP contribution is -2.41. The van der Waals surface area contributed by atoms with E-state index in [1.54, 1.807) is 19.9 Å². The number of allylic oxidation sites excluding steroid dienone is 5. The molecule has 1 unspecified atom stereocenters. The van der Waals surface area contributed by atoms with E-state index < -0.39 is 16.8 Å². The number of aromatic nitrogens is 1. The van der Waals surface area contributed by atoms with Crippen LogP contribution in [0.4, 0.5) is 8.78 Å². The largest absolute Gasteiger partial charge is 0.379 e. The Morgan fingerprint density at radius 3 is 2.64 bits per heavy atom. The summed E-state index contributed by atoms with van der Waals surface area (Å²) in [5.41, 5.74) is -2.03. The number of halogens is 2. The normalized spacial score (nSPS) is 25.1. The minimum absolute atomic E-state index is 0.0150. The molecule has 0 aliphatic heterocycles. The second-order valence-corrected chi connectivity index (χ2v) is 7.02. The molecule has 0 bridgehead atoms. The predicted octanol–water partition coefficient (Wildman–Crippen LogP) is 3.50. The molecule has 6 heteroatoms. The van der Waals surface area contributed by atoms with E-state index in [-0.39, 0.29) is 41.3 Å². The number of Topliss-reactive ketones (excluding diaryl/α,β-unsaturated/α-hetero) is 1. The van der Waals surface area contributed by atoms with Gasteiger partial charge in [0, 0.05) is 17.4 Å². The Hall–Kier alpha value is -2.65. The zero-order valence-electron chi connectivity index (χ0n) is 13.8. The molecule has 1 N–H and O–H groups in total. The second-order valence-electron chi connectivity index (χ2n) is 7.02. The van der Waals surface area contributed by atoms with Crippen LogP contribution in [0.1, 0.15) is 37.9 Å². The average molecular weight is 342 g/mol. The van der Waals surface area contributed by atoms with E-state index in [1.165, 1.54) is 24.3 Å². The highest BCUT2D eigenvalue weighted by molar-refractivity contribution is 6.04. The van der Waals surface area contributed by atoms with Crippen molar-refractivity contribution in [1.82, 2.24) is 4.98 Å². The van der Waals surface area contributed by atoms with Crippen molar-refractivity contribution >= 4 is 11.4 Å². The number of aliphatic hydroxyl groups is 1. The lowest BCUT2D eigenvalue weighted by molar-refractivity contribution is -0.127. The Labute approximate surface area is 143 Å². The van der Waals surface area contributed by atoms with Crippen LogP contribution in [-0.4, -0.2) is 15.9 Å². The van der Waals surface area contributed by atoms with Gasteiger partial charge in [0.25, 0.3) is 0 Å². The first-order valence-corrected chi connectivity index (χ1v) is 7.78. The number of carbonyl (C=O) groups is 1. The number of carbonyl (C=O) groups excluding carboxylic acids is 1. The number of pyridine rings is 1. The standard InChI is InChI=1S/C19H16F2N2O2/c1-18(2)10-19(25,7-12(8-22)17(18)24)16-15(6-14(21)9-23-16)11-3-4-13(20)5-11/h3-4,6-7,9,25H,5,10H2,1-2H3. The molecular formula is C19H16F2N2O2. The Kier molecular flexibility index (Phi) is 3.92. The van der Waals surface area contributed by atoms with Crippen molar-refractivity contribution in [3.05, 3.63) is 59.0 Å². The van der Waals surface area contributed by atoms with E-state index in [0.717, 1.165) is 6.20 Å². The topological polar surface area (TPSA) is 74.0 Å². The van der Waals surface area contributed by atoms with Crippen LogP contribution in [-0.2, 0) is 10.4 Å². The van der Waals surface area contributed by atoms with Crippen molar-refractivity contribution in [2.24, 2.45) is 5.41 Å². The molecule has 2 aliphatic carbocycles. The molecule has 1 aromatic rings. The Bertz CT molecular complexity index is 906. The smallest absolute Gasteiger partial charge is 0.178 e. The third-order valence-electron chi connectivity index (χ3n) is 4.51. The van der Waals surface area contributed by atoms with Gasteiger partial charge in [-0.25, -0.2) is 8.78 Å². The van der Waals surface area contributed by atoms with E-state index in [0.29, 0.717) is 5.57 Å². The summed E-state index contributed by atoms with van der Waals surface area (Å²) in [6.07, 6.45) is 4.87. The number of nitrogens with zero attached hydrogens (tertiary/aromatic N) is 2. The summed E-state index contributed by atoms with van der Waals surface area (Å²) in [4.78, 5) is 16.3. The molecule has 4 nitrogen and oxygen atoms in total. The van der Waals surface area contributed by atoms with Crippen LogP contribution in [0.3, 0.4) is 0 Å². The highest BCUT2D eigenvalue weighted by atomic mass is 19.1. The summed E-state index contributed by atoms with van der Waals surface area (Å²) in [6.45, 7) is 3.26. The monoisotopic (exact) mass is 342 g/mol. The fourth-order valence-electron chi connectivity index (χ4n) is 3.41. The first-order valence-electron chi connectivity index (χ1n) is 7.78. The minimum Gasteiger partial charge on any atom is -0.379 e. The number of ketones is 1. The maximum atomic E-state index is 13.7. The Morgan fingerprint density at radius 1 is 1.32 bits per heavy atom. The Morgan fingerprint density at radius 2 is 2.04 bits per heavy atom. The first kappa shape index (κ1) is 17.2. The van der Waals surface area contributed by atoms with Crippen molar-refractivity contribution in [3.8, 4) is 6.07 Å². The molecule has 0 aromatic carbocycles. The summed E-state index contributed by atoms with van der Waals surface area (Å²) in [5.74, 6) is -1.35. The zero-order valence-corrected chi connectivity index (χ0v) is 13.8. The van der Waals surface area contributed by atoms with E-state index in [1.807, 2.05) is 0 Å². The van der Waals surface area contributed by atoms with Crippen molar-refractivity contribution in [2.45, 2.75) is 32.3 Å². The summed E-state index contributed by atoms with van der Waals surface area (Å²) in [6, 6.07) is 2.99. The first-order chi connectivity index (χ1) is 11.7. The van der Waals surface area contributed by atoms with E-state index in [4.69, 9.17) is 0 Å². The van der Waals surface area contributed by atoms with E-state index >= 15 is 0 Å². The number of nitriles is 1. The van der Waals surface area contributed by atoms with Gasteiger partial charge in [0.1, 0.15) is 23.3 Å². The third kappa shape index (κ3) is 2.92. The van der Waals surface area contributed by atoms with E-state index in [2.05, 4.69) is 4.98 Å². The van der Waals surface area contributed by atoms with Crippen LogP contribution >= 0.6 is 0 Å². The fraction of sp³-hybridized carbons (Fsp3) is 0.316. The third-order valence-corrected chi connectivity index (χ3v) is 4.51. The van der Waals surface area contributed by atoms with Gasteiger partial charge in [-0.15, -0.1) is 0 Å². The molecule has 3 rings (SSSR count). The minimum atomic E-state index is -1.73. The zero-order chi connectivity index (χ0) is 18.4. The van der Waals surface area contributed by atoms with Gasteiger partial charge in [-0.05, 0) is 30.2 Å². The van der Waals surface area contributed by atoms with Crippen LogP contribution in [0.5, 0.6) is 0 Å². The molecule has 0 radical (unpaired) electrons. The molecule has 1 aromatic heterocycles. The van der Waals surface area contributed by atoms with E-state index in [9.17, 15) is 23.9 Å². The van der Waals surface area contributed by atoms with Gasteiger partial charge in [0.05, 0.1) is 17.5 Å². The van der Waals surface area contributed by atoms with Gasteiger partial charge >= 0.3 is 0 Å². The lowest BCUT2D eigenvalue weighted by atomic mass is 9.68. The molecule has 0 saturated heterocycles. The summed E-state index contributed by atoms with van der Waals surface area (Å²) < 4.78 is 27.2. The number of hydrogen-bond acceptors (Lipinski definition) is 4. The maximum Gasteiger partial charge on any atom is 0.178 e. The van der Waals surface area contributed by atoms with Crippen LogP contribution in [0.2, 0.25) is 0 Å². The van der Waals surface area contributed by atoms with Crippen LogP contribution < -0.4 is 0 Å². The molecule has 1 heterocycles. The Balaban J connectivity index is 2.18. The summed E-state index contributed by atoms with van der Waals surface area (Å²) in [5, 5.41) is 20.4. The highest BCUT2D eigenvalue weighted by Crippen LogP contribution is 2.45. The SMILES string of the molecule is CC1(C)CC(O)(c2ncc(F)cc2C2=CC=C(F)C2)C=C(C#N)C1=O. The van der Waals surface area contributed by atoms with Crippen LogP contribution in [0, 0.1) is 22.6 Å². The van der Waals surface area contributed by atoms with Gasteiger partial charge in [-0.2, -0.15) is 5.26 Å². The van der Waals surface area contributed by atoms with Crippen LogP contribution in [0.15, 0.2) is 41.9 Å². The van der Waals surface area contributed by atoms with Crippen molar-refractivity contribution in [1.29, 1.82) is 5.26 Å². The molecule has 128 valence electrons. The molecule has 0 amide bonds. The molecule has 2 aliphatic rings. The van der Waals surface area contributed by atoms with Crippen molar-refractivity contribution < 1.29 is 18.7 Å². The molecule has 0 spiro atoms. The molecule has 25 heavy (non-hydrogen) atoms. The van der Waals surface area contributed by atoms with Crippen LogP contribution in [0.25, 0.3) is 5.57 Å². The molecule has 1 atom stereocenters. The van der Waals surface area contributed by atoms with Crippen molar-refractivity contribution in [3.63, 3.8) is 0 Å².